The Morgan fingerprint density at radius 1 is 1.18 bits per heavy atom. The van der Waals surface area contributed by atoms with Crippen LogP contribution in [0.3, 0.4) is 0 Å². The van der Waals surface area contributed by atoms with Crippen LogP contribution in [0.4, 0.5) is 13.9 Å². The lowest BCUT2D eigenvalue weighted by atomic mass is 10.1. The van der Waals surface area contributed by atoms with Crippen molar-refractivity contribution in [3.63, 3.8) is 0 Å². The Labute approximate surface area is 161 Å². The van der Waals surface area contributed by atoms with Gasteiger partial charge >= 0.3 is 0 Å². The van der Waals surface area contributed by atoms with Crippen molar-refractivity contribution >= 4 is 22.4 Å². The first-order chi connectivity index (χ1) is 13.6. The number of halogens is 2. The molecule has 0 atom stereocenters. The van der Waals surface area contributed by atoms with Crippen LogP contribution in [0.2, 0.25) is 0 Å². The van der Waals surface area contributed by atoms with E-state index < -0.39 is 17.5 Å². The highest BCUT2D eigenvalue weighted by Gasteiger charge is 2.17. The minimum atomic E-state index is -0.721. The summed E-state index contributed by atoms with van der Waals surface area (Å²) in [5.41, 5.74) is 0.881. The summed E-state index contributed by atoms with van der Waals surface area (Å²) in [6.45, 7) is 0.419. The van der Waals surface area contributed by atoms with Crippen LogP contribution in [-0.4, -0.2) is 30.9 Å². The number of amides is 1. The Kier molecular flexibility index (Phi) is 4.85. The van der Waals surface area contributed by atoms with E-state index >= 15 is 0 Å². The maximum atomic E-state index is 13.9. The quantitative estimate of drug-likeness (QED) is 0.557. The number of nitrogens with zero attached hydrogens (tertiary/aromatic N) is 5. The van der Waals surface area contributed by atoms with Crippen LogP contribution in [0, 0.1) is 11.6 Å². The summed E-state index contributed by atoms with van der Waals surface area (Å²) in [6.07, 6.45) is 4.85. The smallest absolute Gasteiger partial charge is 0.279 e. The summed E-state index contributed by atoms with van der Waals surface area (Å²) in [5, 5.41) is 12.0. The average molecular weight is 398 g/mol. The highest BCUT2D eigenvalue weighted by atomic mass is 32.1. The van der Waals surface area contributed by atoms with Gasteiger partial charge in [-0.05, 0) is 23.8 Å². The van der Waals surface area contributed by atoms with Crippen LogP contribution in [-0.2, 0) is 6.54 Å². The zero-order chi connectivity index (χ0) is 19.5. The number of rotatable bonds is 5. The Morgan fingerprint density at radius 3 is 2.75 bits per heavy atom. The Hall–Kier alpha value is -3.53. The van der Waals surface area contributed by atoms with Crippen molar-refractivity contribution in [2.75, 3.05) is 5.32 Å². The first-order valence-electron chi connectivity index (χ1n) is 8.10. The molecule has 0 radical (unpaired) electrons. The van der Waals surface area contributed by atoms with Gasteiger partial charge in [0.05, 0.1) is 24.0 Å². The molecule has 10 heteroatoms. The van der Waals surface area contributed by atoms with Crippen molar-refractivity contribution in [1.82, 2.24) is 25.0 Å². The van der Waals surface area contributed by atoms with Gasteiger partial charge in [-0.1, -0.05) is 17.3 Å². The Bertz CT molecular complexity index is 1110. The minimum Gasteiger partial charge on any atom is -0.296 e. The number of benzene rings is 1. The lowest BCUT2D eigenvalue weighted by Crippen LogP contribution is -2.12. The SMILES string of the molecule is O=C(Nc1nc(-c2c(F)cccc2F)cs1)c1cn(Cc2cccnc2)nn1. The van der Waals surface area contributed by atoms with E-state index in [4.69, 9.17) is 0 Å². The van der Waals surface area contributed by atoms with Gasteiger partial charge in [0.1, 0.15) is 11.6 Å². The number of hydrogen-bond donors (Lipinski definition) is 1. The lowest BCUT2D eigenvalue weighted by molar-refractivity contribution is 0.102. The van der Waals surface area contributed by atoms with Crippen LogP contribution < -0.4 is 5.32 Å². The maximum Gasteiger partial charge on any atom is 0.279 e. The topological polar surface area (TPSA) is 85.6 Å². The monoisotopic (exact) mass is 398 g/mol. The van der Waals surface area contributed by atoms with Crippen molar-refractivity contribution in [2.24, 2.45) is 0 Å². The van der Waals surface area contributed by atoms with Gasteiger partial charge in [-0.3, -0.25) is 15.1 Å². The van der Waals surface area contributed by atoms with Crippen molar-refractivity contribution in [3.05, 3.63) is 77.2 Å². The third-order valence-electron chi connectivity index (χ3n) is 3.78. The van der Waals surface area contributed by atoms with Gasteiger partial charge in [-0.2, -0.15) is 0 Å². The molecule has 0 bridgehead atoms. The van der Waals surface area contributed by atoms with E-state index in [0.717, 1.165) is 29.0 Å². The standard InChI is InChI=1S/C18H12F2N6OS/c19-12-4-1-5-13(20)16(12)15-10-28-18(22-15)23-17(27)14-9-26(25-24-14)8-11-3-2-6-21-7-11/h1-7,9-10H,8H2,(H,22,23,27). The molecule has 3 aromatic heterocycles. The highest BCUT2D eigenvalue weighted by Crippen LogP contribution is 2.29. The highest BCUT2D eigenvalue weighted by molar-refractivity contribution is 7.14. The van der Waals surface area contributed by atoms with E-state index in [9.17, 15) is 13.6 Å². The van der Waals surface area contributed by atoms with E-state index in [1.807, 2.05) is 6.07 Å². The third-order valence-corrected chi connectivity index (χ3v) is 4.54. The number of pyridine rings is 1. The first kappa shape index (κ1) is 17.9. The van der Waals surface area contributed by atoms with Gasteiger partial charge in [0.25, 0.3) is 5.91 Å². The normalized spacial score (nSPS) is 10.8. The van der Waals surface area contributed by atoms with Crippen molar-refractivity contribution in [2.45, 2.75) is 6.54 Å². The molecule has 0 aliphatic heterocycles. The van der Waals surface area contributed by atoms with E-state index in [1.54, 1.807) is 18.5 Å². The number of anilines is 1. The van der Waals surface area contributed by atoms with E-state index in [2.05, 4.69) is 25.6 Å². The summed E-state index contributed by atoms with van der Waals surface area (Å²) < 4.78 is 29.2. The van der Waals surface area contributed by atoms with Gasteiger partial charge in [0.2, 0.25) is 0 Å². The average Bonchev–Trinajstić information content (AvgIpc) is 3.32. The predicted octanol–water partition coefficient (Wildman–Crippen LogP) is 3.38. The second-order valence-corrected chi connectivity index (χ2v) is 6.61. The molecular formula is C18H12F2N6OS. The molecule has 0 saturated heterocycles. The van der Waals surface area contributed by atoms with Gasteiger partial charge in [-0.15, -0.1) is 16.4 Å². The van der Waals surface area contributed by atoms with Gasteiger partial charge in [-0.25, -0.2) is 18.4 Å². The zero-order valence-electron chi connectivity index (χ0n) is 14.2. The molecule has 0 aliphatic carbocycles. The van der Waals surface area contributed by atoms with Crippen LogP contribution in [0.5, 0.6) is 0 Å². The summed E-state index contributed by atoms with van der Waals surface area (Å²) in [4.78, 5) is 20.4. The van der Waals surface area contributed by atoms with E-state index in [0.29, 0.717) is 6.54 Å². The minimum absolute atomic E-state index is 0.0951. The number of hydrogen-bond acceptors (Lipinski definition) is 6. The molecule has 1 amide bonds. The maximum absolute atomic E-state index is 13.9. The molecule has 0 spiro atoms. The molecule has 1 aromatic carbocycles. The largest absolute Gasteiger partial charge is 0.296 e. The molecular weight excluding hydrogens is 386 g/mol. The molecule has 140 valence electrons. The summed E-state index contributed by atoms with van der Waals surface area (Å²) in [7, 11) is 0. The lowest BCUT2D eigenvalue weighted by Gasteiger charge is -2.01. The fourth-order valence-corrected chi connectivity index (χ4v) is 3.20. The van der Waals surface area contributed by atoms with Gasteiger partial charge < -0.3 is 0 Å². The predicted molar refractivity (Wildman–Crippen MR) is 98.8 cm³/mol. The Morgan fingerprint density at radius 2 is 2.00 bits per heavy atom. The van der Waals surface area contributed by atoms with Gasteiger partial charge in [0, 0.05) is 17.8 Å². The summed E-state index contributed by atoms with van der Waals surface area (Å²) >= 11 is 1.05. The van der Waals surface area contributed by atoms with Gasteiger partial charge in [0.15, 0.2) is 10.8 Å². The number of carbonyl (C=O) groups is 1. The second kappa shape index (κ2) is 7.61. The second-order valence-electron chi connectivity index (χ2n) is 5.75. The Balaban J connectivity index is 1.47. The van der Waals surface area contributed by atoms with Crippen molar-refractivity contribution in [3.8, 4) is 11.3 Å². The number of aromatic nitrogens is 5. The molecule has 4 rings (SSSR count). The molecule has 0 unspecified atom stereocenters. The summed E-state index contributed by atoms with van der Waals surface area (Å²) in [5.74, 6) is -1.96. The number of carbonyl (C=O) groups excluding carboxylic acids is 1. The molecule has 0 aliphatic rings. The zero-order valence-corrected chi connectivity index (χ0v) is 15.0. The van der Waals surface area contributed by atoms with Crippen LogP contribution in [0.15, 0.2) is 54.3 Å². The van der Waals surface area contributed by atoms with Crippen LogP contribution >= 0.6 is 11.3 Å². The molecule has 3 heterocycles. The number of nitrogens with one attached hydrogen (secondary N) is 1. The van der Waals surface area contributed by atoms with Crippen molar-refractivity contribution in [1.29, 1.82) is 0 Å². The molecule has 0 saturated carbocycles. The molecule has 28 heavy (non-hydrogen) atoms. The molecule has 7 nitrogen and oxygen atoms in total. The van der Waals surface area contributed by atoms with Crippen molar-refractivity contribution < 1.29 is 13.6 Å². The summed E-state index contributed by atoms with van der Waals surface area (Å²) in [6, 6.07) is 7.26. The molecule has 1 N–H and O–H groups in total. The number of thiazole rings is 1. The van der Waals surface area contributed by atoms with E-state index in [-0.39, 0.29) is 22.1 Å². The van der Waals surface area contributed by atoms with Crippen LogP contribution in [0.25, 0.3) is 11.3 Å². The molecule has 4 aromatic rings. The fourth-order valence-electron chi connectivity index (χ4n) is 2.51. The first-order valence-corrected chi connectivity index (χ1v) is 8.98. The van der Waals surface area contributed by atoms with Crippen LogP contribution in [0.1, 0.15) is 16.1 Å². The third kappa shape index (κ3) is 3.76. The van der Waals surface area contributed by atoms with E-state index in [1.165, 1.54) is 22.3 Å². The fraction of sp³-hybridized carbons (Fsp3) is 0.0556. The molecule has 0 fully saturated rings.